The molecule has 0 bridgehead atoms. The van der Waals surface area contributed by atoms with Crippen LogP contribution < -0.4 is 5.32 Å². The lowest BCUT2D eigenvalue weighted by Gasteiger charge is -2.30. The molecule has 0 unspecified atom stereocenters. The van der Waals surface area contributed by atoms with E-state index in [1.807, 2.05) is 13.8 Å². The van der Waals surface area contributed by atoms with E-state index in [0.717, 1.165) is 12.8 Å². The van der Waals surface area contributed by atoms with Gasteiger partial charge in [-0.2, -0.15) is 18.2 Å². The van der Waals surface area contributed by atoms with Crippen molar-refractivity contribution < 1.29 is 18.0 Å². The first kappa shape index (κ1) is 16.6. The molecule has 1 heterocycles. The lowest BCUT2D eigenvalue weighted by atomic mass is 9.86. The van der Waals surface area contributed by atoms with E-state index < -0.39 is 16.8 Å². The summed E-state index contributed by atoms with van der Waals surface area (Å²) in [6.07, 6.45) is -1.18. The smallest absolute Gasteiger partial charge is 0.362 e. The van der Waals surface area contributed by atoms with E-state index in [0.29, 0.717) is 18.0 Å². The van der Waals surface area contributed by atoms with Crippen molar-refractivity contribution in [2.75, 3.05) is 0 Å². The van der Waals surface area contributed by atoms with Crippen LogP contribution in [-0.4, -0.2) is 28.0 Å². The number of nitrogens with zero attached hydrogens (tertiary/aromatic N) is 1. The molecule has 0 aromatic carbocycles. The van der Waals surface area contributed by atoms with Crippen molar-refractivity contribution in [1.29, 1.82) is 0 Å². The number of hydrogen-bond donors (Lipinski definition) is 1. The Labute approximate surface area is 127 Å². The fraction of sp³-hybridized carbons (Fsp3) is 0.857. The molecule has 1 fully saturated rings. The highest BCUT2D eigenvalue weighted by Gasteiger charge is 2.43. The highest BCUT2D eigenvalue weighted by atomic mass is 32.2. The fourth-order valence-electron chi connectivity index (χ4n) is 2.93. The van der Waals surface area contributed by atoms with E-state index in [9.17, 15) is 18.0 Å². The molecule has 7 heteroatoms. The first-order valence-corrected chi connectivity index (χ1v) is 8.21. The van der Waals surface area contributed by atoms with E-state index in [1.54, 1.807) is 0 Å². The molecule has 0 aromatic rings. The van der Waals surface area contributed by atoms with E-state index in [4.69, 9.17) is 0 Å². The lowest BCUT2D eigenvalue weighted by molar-refractivity contribution is -0.182. The van der Waals surface area contributed by atoms with Crippen LogP contribution in [0.1, 0.15) is 52.4 Å². The summed E-state index contributed by atoms with van der Waals surface area (Å²) in [5, 5.41) is 3.73. The maximum Gasteiger partial charge on any atom is 0.391 e. The van der Waals surface area contributed by atoms with Crippen molar-refractivity contribution in [3.63, 3.8) is 0 Å². The Balaban J connectivity index is 1.85. The van der Waals surface area contributed by atoms with Crippen molar-refractivity contribution >= 4 is 22.8 Å². The van der Waals surface area contributed by atoms with Crippen LogP contribution in [0.3, 0.4) is 0 Å². The predicted octanol–water partition coefficient (Wildman–Crippen LogP) is 3.89. The SMILES string of the molecule is CCC[C@@]1(C)SC(N[C@H]2CC[C@@H](C(F)(F)F)CC2)=NC1=O. The quantitative estimate of drug-likeness (QED) is 0.857. The van der Waals surface area contributed by atoms with Gasteiger partial charge in [-0.3, -0.25) is 4.79 Å². The van der Waals surface area contributed by atoms with Crippen LogP contribution >= 0.6 is 11.8 Å². The summed E-state index contributed by atoms with van der Waals surface area (Å²) in [6.45, 7) is 3.89. The van der Waals surface area contributed by atoms with Gasteiger partial charge in [0.25, 0.3) is 5.91 Å². The van der Waals surface area contributed by atoms with Gasteiger partial charge in [-0.25, -0.2) is 0 Å². The maximum atomic E-state index is 12.6. The molecular weight excluding hydrogens is 301 g/mol. The fourth-order valence-corrected chi connectivity index (χ4v) is 4.15. The van der Waals surface area contributed by atoms with Crippen molar-refractivity contribution in [3.05, 3.63) is 0 Å². The van der Waals surface area contributed by atoms with Gasteiger partial charge in [-0.15, -0.1) is 0 Å². The van der Waals surface area contributed by atoms with Gasteiger partial charge >= 0.3 is 6.18 Å². The molecule has 2 rings (SSSR count). The van der Waals surface area contributed by atoms with Gasteiger partial charge in [0.1, 0.15) is 4.75 Å². The number of aliphatic imine (C=N–C) groups is 1. The topological polar surface area (TPSA) is 41.5 Å². The van der Waals surface area contributed by atoms with E-state index in [2.05, 4.69) is 10.3 Å². The number of alkyl halides is 3. The molecule has 120 valence electrons. The van der Waals surface area contributed by atoms with Gasteiger partial charge in [-0.1, -0.05) is 25.1 Å². The summed E-state index contributed by atoms with van der Waals surface area (Å²) in [5.74, 6) is -1.32. The summed E-state index contributed by atoms with van der Waals surface area (Å²) in [6, 6.07) is -0.00775. The molecule has 1 aliphatic carbocycles. The molecule has 1 N–H and O–H groups in total. The van der Waals surface area contributed by atoms with Gasteiger partial charge < -0.3 is 5.32 Å². The number of carbonyl (C=O) groups excluding carboxylic acids is 1. The number of thioether (sulfide) groups is 1. The van der Waals surface area contributed by atoms with Crippen LogP contribution in [0.15, 0.2) is 4.99 Å². The molecule has 3 nitrogen and oxygen atoms in total. The summed E-state index contributed by atoms with van der Waals surface area (Å²) in [5.41, 5.74) is 0. The molecule has 0 saturated heterocycles. The first-order valence-electron chi connectivity index (χ1n) is 7.40. The standard InChI is InChI=1S/C14H21F3N2OS/c1-3-8-13(2)11(20)19-12(21-13)18-10-6-4-9(5-7-10)14(15,16)17/h9-10H,3-8H2,1-2H3,(H,18,19,20)/t9-,10+,13-/m1/s1. The lowest BCUT2D eigenvalue weighted by Crippen LogP contribution is -2.39. The minimum absolute atomic E-state index is 0.00775. The summed E-state index contributed by atoms with van der Waals surface area (Å²) in [4.78, 5) is 16.0. The minimum Gasteiger partial charge on any atom is -0.362 e. The van der Waals surface area contributed by atoms with Gasteiger partial charge in [0.2, 0.25) is 0 Å². The molecule has 1 saturated carbocycles. The third-order valence-electron chi connectivity index (χ3n) is 4.22. The van der Waals surface area contributed by atoms with Crippen molar-refractivity contribution in [1.82, 2.24) is 5.32 Å². The van der Waals surface area contributed by atoms with E-state index >= 15 is 0 Å². The molecule has 21 heavy (non-hydrogen) atoms. The van der Waals surface area contributed by atoms with E-state index in [-0.39, 0.29) is 24.8 Å². The zero-order chi connectivity index (χ0) is 15.7. The third-order valence-corrected chi connectivity index (χ3v) is 5.45. The second-order valence-electron chi connectivity index (χ2n) is 6.04. The van der Waals surface area contributed by atoms with Gasteiger partial charge in [-0.05, 0) is 39.0 Å². The average Bonchev–Trinajstić information content (AvgIpc) is 2.64. The highest BCUT2D eigenvalue weighted by molar-refractivity contribution is 8.16. The van der Waals surface area contributed by atoms with Gasteiger partial charge in [0.15, 0.2) is 5.17 Å². The molecule has 1 amide bonds. The third kappa shape index (κ3) is 3.93. The molecule has 0 aromatic heterocycles. The second-order valence-corrected chi connectivity index (χ2v) is 7.53. The molecular formula is C14H21F3N2OS. The van der Waals surface area contributed by atoms with Gasteiger partial charge in [0.05, 0.1) is 5.92 Å². The van der Waals surface area contributed by atoms with Crippen LogP contribution in [0, 0.1) is 5.92 Å². The number of amidine groups is 1. The Morgan fingerprint density at radius 3 is 2.48 bits per heavy atom. The van der Waals surface area contributed by atoms with Crippen LogP contribution in [0.5, 0.6) is 0 Å². The van der Waals surface area contributed by atoms with Crippen LogP contribution in [0.4, 0.5) is 13.2 Å². The Morgan fingerprint density at radius 1 is 1.33 bits per heavy atom. The summed E-state index contributed by atoms with van der Waals surface area (Å²) in [7, 11) is 0. The molecule has 1 atom stereocenters. The number of rotatable bonds is 3. The van der Waals surface area contributed by atoms with Crippen molar-refractivity contribution in [3.8, 4) is 0 Å². The summed E-state index contributed by atoms with van der Waals surface area (Å²) >= 11 is 1.41. The number of halogens is 3. The Hall–Kier alpha value is -0.720. The zero-order valence-electron chi connectivity index (χ0n) is 12.3. The zero-order valence-corrected chi connectivity index (χ0v) is 13.1. The largest absolute Gasteiger partial charge is 0.391 e. The Morgan fingerprint density at radius 2 is 1.95 bits per heavy atom. The van der Waals surface area contributed by atoms with E-state index in [1.165, 1.54) is 11.8 Å². The van der Waals surface area contributed by atoms with Crippen molar-refractivity contribution in [2.45, 2.75) is 69.3 Å². The number of hydrogen-bond acceptors (Lipinski definition) is 3. The van der Waals surface area contributed by atoms with Crippen molar-refractivity contribution in [2.24, 2.45) is 10.9 Å². The van der Waals surface area contributed by atoms with Crippen LogP contribution in [-0.2, 0) is 4.79 Å². The van der Waals surface area contributed by atoms with Gasteiger partial charge in [0, 0.05) is 6.04 Å². The predicted molar refractivity (Wildman–Crippen MR) is 78.3 cm³/mol. The van der Waals surface area contributed by atoms with Crippen LogP contribution in [0.25, 0.3) is 0 Å². The Bertz CT molecular complexity index is 430. The second kappa shape index (κ2) is 6.18. The molecule has 2 aliphatic rings. The monoisotopic (exact) mass is 322 g/mol. The number of carbonyl (C=O) groups is 1. The molecule has 0 radical (unpaired) electrons. The average molecular weight is 322 g/mol. The maximum absolute atomic E-state index is 12.6. The Kier molecular flexibility index (Phi) is 4.90. The molecule has 1 aliphatic heterocycles. The summed E-state index contributed by atoms with van der Waals surface area (Å²) < 4.78 is 37.3. The normalized spacial score (nSPS) is 34.0. The highest BCUT2D eigenvalue weighted by Crippen LogP contribution is 2.39. The first-order chi connectivity index (χ1) is 9.74. The molecule has 0 spiro atoms. The number of amides is 1. The number of nitrogens with one attached hydrogen (secondary N) is 1. The van der Waals surface area contributed by atoms with Crippen LogP contribution in [0.2, 0.25) is 0 Å². The minimum atomic E-state index is -4.08.